The van der Waals surface area contributed by atoms with Crippen LogP contribution in [0.25, 0.3) is 0 Å². The number of carbonyl (C=O) groups is 2. The van der Waals surface area contributed by atoms with E-state index in [1.165, 1.54) is 11.8 Å². The van der Waals surface area contributed by atoms with Crippen LogP contribution in [-0.4, -0.2) is 22.2 Å². The van der Waals surface area contributed by atoms with Gasteiger partial charge in [-0.25, -0.2) is 0 Å². The van der Waals surface area contributed by atoms with Crippen molar-refractivity contribution in [3.8, 4) is 0 Å². The number of aliphatic carboxylic acids is 1. The lowest BCUT2D eigenvalue weighted by Gasteiger charge is -2.15. The number of benzene rings is 1. The highest BCUT2D eigenvalue weighted by atomic mass is 32.2. The van der Waals surface area contributed by atoms with Gasteiger partial charge in [0.25, 0.3) is 0 Å². The Kier molecular flexibility index (Phi) is 9.45. The van der Waals surface area contributed by atoms with Crippen LogP contribution in [0.5, 0.6) is 0 Å². The van der Waals surface area contributed by atoms with Crippen molar-refractivity contribution in [2.45, 2.75) is 68.9 Å². The molecule has 0 aliphatic carbocycles. The number of anilines is 1. The predicted octanol–water partition coefficient (Wildman–Crippen LogP) is 4.94. The van der Waals surface area contributed by atoms with Gasteiger partial charge in [0.05, 0.1) is 5.69 Å². The summed E-state index contributed by atoms with van der Waals surface area (Å²) in [6.07, 6.45) is 6.19. The van der Waals surface area contributed by atoms with Crippen molar-refractivity contribution in [3.05, 3.63) is 24.3 Å². The normalized spacial score (nSPS) is 11.9. The van der Waals surface area contributed by atoms with E-state index < -0.39 is 11.2 Å². The zero-order chi connectivity index (χ0) is 17.1. The van der Waals surface area contributed by atoms with Crippen molar-refractivity contribution >= 4 is 29.3 Å². The van der Waals surface area contributed by atoms with Gasteiger partial charge < -0.3 is 10.4 Å². The SMILES string of the molecule is CCCCCCC(=O)Nc1ccccc1SC(CCC)C(=O)O. The third kappa shape index (κ3) is 7.55. The molecule has 0 aromatic heterocycles. The van der Waals surface area contributed by atoms with Crippen LogP contribution >= 0.6 is 11.8 Å². The van der Waals surface area contributed by atoms with E-state index in [4.69, 9.17) is 0 Å². The molecule has 0 spiro atoms. The van der Waals surface area contributed by atoms with Gasteiger partial charge in [0.2, 0.25) is 5.91 Å². The maximum atomic E-state index is 12.0. The second-order valence-electron chi connectivity index (χ2n) is 5.59. The van der Waals surface area contributed by atoms with Crippen LogP contribution in [0.3, 0.4) is 0 Å². The average Bonchev–Trinajstić information content (AvgIpc) is 2.52. The second kappa shape index (κ2) is 11.1. The van der Waals surface area contributed by atoms with Gasteiger partial charge in [0, 0.05) is 11.3 Å². The highest BCUT2D eigenvalue weighted by Crippen LogP contribution is 2.32. The van der Waals surface area contributed by atoms with E-state index in [-0.39, 0.29) is 5.91 Å². The third-order valence-corrected chi connectivity index (χ3v) is 4.85. The van der Waals surface area contributed by atoms with E-state index in [1.807, 2.05) is 31.2 Å². The van der Waals surface area contributed by atoms with Gasteiger partial charge in [-0.15, -0.1) is 11.8 Å². The zero-order valence-electron chi connectivity index (χ0n) is 14.0. The number of nitrogens with one attached hydrogen (secondary N) is 1. The van der Waals surface area contributed by atoms with Crippen molar-refractivity contribution < 1.29 is 14.7 Å². The van der Waals surface area contributed by atoms with Crippen LogP contribution in [0.4, 0.5) is 5.69 Å². The highest BCUT2D eigenvalue weighted by Gasteiger charge is 2.19. The van der Waals surface area contributed by atoms with Gasteiger partial charge in [-0.05, 0) is 25.0 Å². The molecule has 1 atom stereocenters. The molecule has 1 aromatic rings. The van der Waals surface area contributed by atoms with Crippen LogP contribution in [0.2, 0.25) is 0 Å². The first kappa shape index (κ1) is 19.6. The molecule has 0 heterocycles. The molecular formula is C18H27NO3S. The minimum absolute atomic E-state index is 0.00322. The van der Waals surface area contributed by atoms with Gasteiger partial charge in [-0.1, -0.05) is 51.7 Å². The van der Waals surface area contributed by atoms with Crippen LogP contribution < -0.4 is 5.32 Å². The molecule has 0 radical (unpaired) electrons. The van der Waals surface area contributed by atoms with E-state index in [1.54, 1.807) is 0 Å². The molecule has 0 saturated heterocycles. The average molecular weight is 337 g/mol. The molecule has 1 unspecified atom stereocenters. The molecule has 0 aliphatic heterocycles. The maximum Gasteiger partial charge on any atom is 0.316 e. The molecular weight excluding hydrogens is 310 g/mol. The second-order valence-corrected chi connectivity index (χ2v) is 6.83. The van der Waals surface area contributed by atoms with Crippen molar-refractivity contribution in [1.29, 1.82) is 0 Å². The molecule has 0 aliphatic rings. The summed E-state index contributed by atoms with van der Waals surface area (Å²) in [7, 11) is 0. The fourth-order valence-corrected chi connectivity index (χ4v) is 3.41. The van der Waals surface area contributed by atoms with Gasteiger partial charge in [-0.3, -0.25) is 9.59 Å². The lowest BCUT2D eigenvalue weighted by Crippen LogP contribution is -2.17. The summed E-state index contributed by atoms with van der Waals surface area (Å²) in [5.41, 5.74) is 0.709. The minimum atomic E-state index is -0.808. The van der Waals surface area contributed by atoms with E-state index in [2.05, 4.69) is 12.2 Å². The largest absolute Gasteiger partial charge is 0.480 e. The van der Waals surface area contributed by atoms with Gasteiger partial charge in [-0.2, -0.15) is 0 Å². The number of hydrogen-bond donors (Lipinski definition) is 2. The molecule has 1 rings (SSSR count). The van der Waals surface area contributed by atoms with E-state index in [0.717, 1.165) is 37.0 Å². The maximum absolute atomic E-state index is 12.0. The lowest BCUT2D eigenvalue weighted by molar-refractivity contribution is -0.136. The first-order valence-corrected chi connectivity index (χ1v) is 9.24. The summed E-state index contributed by atoms with van der Waals surface area (Å²) in [4.78, 5) is 24.2. The van der Waals surface area contributed by atoms with E-state index in [9.17, 15) is 14.7 Å². The number of unbranched alkanes of at least 4 members (excludes halogenated alkanes) is 3. The molecule has 5 heteroatoms. The zero-order valence-corrected chi connectivity index (χ0v) is 14.8. The number of carbonyl (C=O) groups excluding carboxylic acids is 1. The Labute approximate surface area is 143 Å². The van der Waals surface area contributed by atoms with Crippen LogP contribution in [0.15, 0.2) is 29.2 Å². The van der Waals surface area contributed by atoms with Gasteiger partial charge in [0.1, 0.15) is 5.25 Å². The first-order valence-electron chi connectivity index (χ1n) is 8.36. The van der Waals surface area contributed by atoms with E-state index in [0.29, 0.717) is 18.5 Å². The van der Waals surface area contributed by atoms with Crippen molar-refractivity contribution in [2.24, 2.45) is 0 Å². The number of para-hydroxylation sites is 1. The molecule has 1 amide bonds. The Morgan fingerprint density at radius 3 is 2.52 bits per heavy atom. The first-order chi connectivity index (χ1) is 11.1. The monoisotopic (exact) mass is 337 g/mol. The van der Waals surface area contributed by atoms with Gasteiger partial charge >= 0.3 is 5.97 Å². The van der Waals surface area contributed by atoms with Gasteiger partial charge in [0.15, 0.2) is 0 Å². The Hall–Kier alpha value is -1.49. The molecule has 1 aromatic carbocycles. The molecule has 0 fully saturated rings. The number of amides is 1. The number of rotatable bonds is 11. The van der Waals surface area contributed by atoms with Crippen LogP contribution in [-0.2, 0) is 9.59 Å². The van der Waals surface area contributed by atoms with Crippen LogP contribution in [0.1, 0.15) is 58.8 Å². The number of carboxylic acid groups (broad SMARTS) is 1. The standard InChI is InChI=1S/C18H27NO3S/c1-3-5-6-7-13-17(20)19-14-11-8-9-12-15(14)23-16(10-4-2)18(21)22/h8-9,11-12,16H,3-7,10,13H2,1-2H3,(H,19,20)(H,21,22). The summed E-state index contributed by atoms with van der Waals surface area (Å²) in [6, 6.07) is 7.41. The number of hydrogen-bond acceptors (Lipinski definition) is 3. The quantitative estimate of drug-likeness (QED) is 0.443. The Morgan fingerprint density at radius 2 is 1.87 bits per heavy atom. The lowest BCUT2D eigenvalue weighted by atomic mass is 10.1. The number of thioether (sulfide) groups is 1. The minimum Gasteiger partial charge on any atom is -0.480 e. The summed E-state index contributed by atoms with van der Waals surface area (Å²) in [5, 5.41) is 11.7. The third-order valence-electron chi connectivity index (χ3n) is 3.51. The fourth-order valence-electron chi connectivity index (χ4n) is 2.25. The number of carboxylic acids is 1. The molecule has 0 saturated carbocycles. The molecule has 128 valence electrons. The molecule has 4 nitrogen and oxygen atoms in total. The Balaban J connectivity index is 2.65. The van der Waals surface area contributed by atoms with Crippen molar-refractivity contribution in [3.63, 3.8) is 0 Å². The van der Waals surface area contributed by atoms with E-state index >= 15 is 0 Å². The molecule has 2 N–H and O–H groups in total. The van der Waals surface area contributed by atoms with Crippen molar-refractivity contribution in [2.75, 3.05) is 5.32 Å². The summed E-state index contributed by atoms with van der Waals surface area (Å²) in [6.45, 7) is 4.11. The molecule has 0 bridgehead atoms. The Bertz CT molecular complexity index is 505. The Morgan fingerprint density at radius 1 is 1.13 bits per heavy atom. The smallest absolute Gasteiger partial charge is 0.316 e. The molecule has 23 heavy (non-hydrogen) atoms. The summed E-state index contributed by atoms with van der Waals surface area (Å²) < 4.78 is 0. The topological polar surface area (TPSA) is 66.4 Å². The van der Waals surface area contributed by atoms with Crippen molar-refractivity contribution in [1.82, 2.24) is 0 Å². The van der Waals surface area contributed by atoms with Crippen LogP contribution in [0, 0.1) is 0 Å². The summed E-state index contributed by atoms with van der Waals surface area (Å²) >= 11 is 1.31. The highest BCUT2D eigenvalue weighted by molar-refractivity contribution is 8.00. The fraction of sp³-hybridized carbons (Fsp3) is 0.556. The predicted molar refractivity (Wildman–Crippen MR) is 96.0 cm³/mol. The summed E-state index contributed by atoms with van der Waals surface area (Å²) in [5.74, 6) is -0.811.